The highest BCUT2D eigenvalue weighted by Crippen LogP contribution is 2.38. The van der Waals surface area contributed by atoms with Gasteiger partial charge in [0.05, 0.1) is 16.1 Å². The molecule has 0 N–H and O–H groups in total. The Balaban J connectivity index is 1.48. The first-order valence-electron chi connectivity index (χ1n) is 10.8. The number of benzene rings is 2. The Bertz CT molecular complexity index is 1240. The molecule has 0 unspecified atom stereocenters. The predicted molar refractivity (Wildman–Crippen MR) is 126 cm³/mol. The maximum Gasteiger partial charge on any atom is 0.417 e. The van der Waals surface area contributed by atoms with Crippen molar-refractivity contribution in [1.29, 1.82) is 5.26 Å². The van der Waals surface area contributed by atoms with E-state index in [9.17, 15) is 18.4 Å². The van der Waals surface area contributed by atoms with Crippen molar-refractivity contribution in [2.75, 3.05) is 20.1 Å². The van der Waals surface area contributed by atoms with Crippen molar-refractivity contribution in [2.45, 2.75) is 25.6 Å². The van der Waals surface area contributed by atoms with E-state index in [1.807, 2.05) is 24.1 Å². The largest absolute Gasteiger partial charge is 0.473 e. The van der Waals surface area contributed by atoms with Crippen molar-refractivity contribution in [3.63, 3.8) is 0 Å². The fourth-order valence-corrected chi connectivity index (χ4v) is 4.03. The third-order valence-electron chi connectivity index (χ3n) is 5.67. The van der Waals surface area contributed by atoms with Gasteiger partial charge in [-0.25, -0.2) is 0 Å². The number of hydrogen-bond acceptors (Lipinski definition) is 6. The second-order valence-electron chi connectivity index (χ2n) is 8.09. The summed E-state index contributed by atoms with van der Waals surface area (Å²) >= 11 is 5.66. The quantitative estimate of drug-likeness (QED) is 0.480. The van der Waals surface area contributed by atoms with Crippen molar-refractivity contribution in [3.05, 3.63) is 82.4 Å². The smallest absolute Gasteiger partial charge is 0.417 e. The van der Waals surface area contributed by atoms with Crippen molar-refractivity contribution < 1.29 is 22.6 Å². The normalized spacial score (nSPS) is 16.1. The summed E-state index contributed by atoms with van der Waals surface area (Å²) in [6.07, 6.45) is -0.504. The summed E-state index contributed by atoms with van der Waals surface area (Å²) < 4.78 is 50.8. The van der Waals surface area contributed by atoms with Crippen molar-refractivity contribution in [2.24, 2.45) is 4.99 Å². The maximum absolute atomic E-state index is 13.1. The van der Waals surface area contributed by atoms with E-state index in [2.05, 4.69) is 16.5 Å². The van der Waals surface area contributed by atoms with Gasteiger partial charge in [-0.3, -0.25) is 0 Å². The van der Waals surface area contributed by atoms with Gasteiger partial charge in [-0.05, 0) is 48.7 Å². The van der Waals surface area contributed by atoms with Crippen LogP contribution in [0.15, 0.2) is 65.7 Å². The van der Waals surface area contributed by atoms with Crippen LogP contribution in [0.2, 0.25) is 5.02 Å². The summed E-state index contributed by atoms with van der Waals surface area (Å²) in [7, 11) is 1.91. The first-order chi connectivity index (χ1) is 16.7. The Labute approximate surface area is 206 Å². The number of rotatable bonds is 5. The number of ether oxygens (including phenoxy) is 2. The van der Waals surface area contributed by atoms with Crippen LogP contribution >= 0.6 is 11.6 Å². The fraction of sp³-hybridized carbons (Fsp3) is 0.280. The molecular formula is C25H22ClF3N4O2. The zero-order valence-electron chi connectivity index (χ0n) is 18.9. The predicted octanol–water partition coefficient (Wildman–Crippen LogP) is 6.29. The molecule has 10 heteroatoms. The van der Waals surface area contributed by atoms with Gasteiger partial charge in [-0.1, -0.05) is 24.2 Å². The van der Waals surface area contributed by atoms with E-state index in [-0.39, 0.29) is 23.7 Å². The summed E-state index contributed by atoms with van der Waals surface area (Å²) in [5.41, 5.74) is -0.191. The molecule has 0 atom stereocenters. The van der Waals surface area contributed by atoms with Gasteiger partial charge >= 0.3 is 6.18 Å². The highest BCUT2D eigenvalue weighted by atomic mass is 35.5. The first kappa shape index (κ1) is 24.5. The van der Waals surface area contributed by atoms with Crippen LogP contribution in [0.3, 0.4) is 0 Å². The molecule has 0 aromatic heterocycles. The van der Waals surface area contributed by atoms with E-state index in [4.69, 9.17) is 21.1 Å². The zero-order valence-corrected chi connectivity index (χ0v) is 19.7. The molecule has 2 aromatic carbocycles. The molecule has 0 amide bonds. The van der Waals surface area contributed by atoms with Gasteiger partial charge in [0.2, 0.25) is 5.90 Å². The van der Waals surface area contributed by atoms with Crippen LogP contribution in [0.25, 0.3) is 0 Å². The van der Waals surface area contributed by atoms with Gasteiger partial charge in [0.1, 0.15) is 35.8 Å². The van der Waals surface area contributed by atoms with Crippen LogP contribution in [0, 0.1) is 11.3 Å². The number of hydrogen-bond donors (Lipinski definition) is 0. The minimum absolute atomic E-state index is 0.0824. The molecule has 0 aliphatic carbocycles. The van der Waals surface area contributed by atoms with Gasteiger partial charge in [-0.2, -0.15) is 23.4 Å². The van der Waals surface area contributed by atoms with Crippen molar-refractivity contribution in [1.82, 2.24) is 9.80 Å². The minimum atomic E-state index is -4.62. The Morgan fingerprint density at radius 1 is 1.17 bits per heavy atom. The third-order valence-corrected chi connectivity index (χ3v) is 6.00. The molecule has 35 heavy (non-hydrogen) atoms. The standard InChI is InChI=1S/C25H22ClF3N4O2/c1-16-31-23(13-24(32(16)2)33-9-3-4-10-33)34-15-17-5-8-22(18(11-17)14-30)35-19-6-7-21(26)20(12-19)25(27,28)29/h5-8,11-13H,1,3-4,9-10,15H2,2H3. The number of aliphatic imine (C=N–C) groups is 1. The zero-order chi connectivity index (χ0) is 25.2. The van der Waals surface area contributed by atoms with E-state index in [1.165, 1.54) is 12.1 Å². The minimum Gasteiger partial charge on any atom is -0.473 e. The Morgan fingerprint density at radius 3 is 2.60 bits per heavy atom. The van der Waals surface area contributed by atoms with Gasteiger partial charge in [0.15, 0.2) is 0 Å². The number of nitriles is 1. The average Bonchev–Trinajstić information content (AvgIpc) is 3.35. The van der Waals surface area contributed by atoms with E-state index < -0.39 is 16.8 Å². The molecule has 0 spiro atoms. The average molecular weight is 503 g/mol. The second-order valence-corrected chi connectivity index (χ2v) is 8.50. The van der Waals surface area contributed by atoms with Gasteiger partial charge in [0, 0.05) is 26.2 Å². The Morgan fingerprint density at radius 2 is 1.91 bits per heavy atom. The summed E-state index contributed by atoms with van der Waals surface area (Å²) in [6.45, 7) is 6.03. The van der Waals surface area contributed by atoms with Crippen molar-refractivity contribution in [3.8, 4) is 17.6 Å². The van der Waals surface area contributed by atoms with E-state index >= 15 is 0 Å². The number of likely N-dealkylation sites (tertiary alicyclic amines) is 1. The highest BCUT2D eigenvalue weighted by molar-refractivity contribution is 6.31. The molecular weight excluding hydrogens is 481 g/mol. The van der Waals surface area contributed by atoms with Gasteiger partial charge < -0.3 is 19.3 Å². The van der Waals surface area contributed by atoms with Crippen LogP contribution in [0.5, 0.6) is 11.5 Å². The third kappa shape index (κ3) is 5.54. The number of alkyl halides is 3. The lowest BCUT2D eigenvalue weighted by atomic mass is 10.1. The second kappa shape index (κ2) is 9.92. The van der Waals surface area contributed by atoms with E-state index in [1.54, 1.807) is 12.1 Å². The summed E-state index contributed by atoms with van der Waals surface area (Å²) in [5.74, 6) is 1.98. The van der Waals surface area contributed by atoms with Gasteiger partial charge in [0.25, 0.3) is 0 Å². The lowest BCUT2D eigenvalue weighted by Gasteiger charge is -2.32. The molecule has 2 aliphatic heterocycles. The molecule has 0 bridgehead atoms. The molecule has 6 nitrogen and oxygen atoms in total. The van der Waals surface area contributed by atoms with Gasteiger partial charge in [-0.15, -0.1) is 0 Å². The van der Waals surface area contributed by atoms with Crippen LogP contribution in [-0.2, 0) is 17.5 Å². The number of halogens is 4. The monoisotopic (exact) mass is 502 g/mol. The Hall–Kier alpha value is -3.64. The molecule has 1 fully saturated rings. The summed E-state index contributed by atoms with van der Waals surface area (Å²) in [5, 5.41) is 9.13. The molecule has 4 rings (SSSR count). The molecule has 182 valence electrons. The molecule has 0 radical (unpaired) electrons. The molecule has 2 aliphatic rings. The Kier molecular flexibility index (Phi) is 6.94. The first-order valence-corrected chi connectivity index (χ1v) is 11.2. The van der Waals surface area contributed by atoms with Crippen LogP contribution in [-0.4, -0.2) is 35.8 Å². The molecule has 0 saturated carbocycles. The molecule has 2 aromatic rings. The topological polar surface area (TPSA) is 61.1 Å². The summed E-state index contributed by atoms with van der Waals surface area (Å²) in [6, 6.07) is 9.97. The maximum atomic E-state index is 13.1. The lowest BCUT2D eigenvalue weighted by molar-refractivity contribution is -0.137. The molecule has 1 saturated heterocycles. The van der Waals surface area contributed by atoms with E-state index in [0.717, 1.165) is 43.9 Å². The molecule has 2 heterocycles. The van der Waals surface area contributed by atoms with Crippen LogP contribution in [0.1, 0.15) is 29.5 Å². The van der Waals surface area contributed by atoms with E-state index in [0.29, 0.717) is 17.3 Å². The number of nitrogens with zero attached hydrogens (tertiary/aromatic N) is 4. The van der Waals surface area contributed by atoms with Crippen LogP contribution < -0.4 is 4.74 Å². The SMILES string of the molecule is C=C1N=C(OCc2ccc(Oc3ccc(Cl)c(C(F)(F)F)c3)c(C#N)c2)C=C(N2CCCC2)N1C. The lowest BCUT2D eigenvalue weighted by Crippen LogP contribution is -2.33. The van der Waals surface area contributed by atoms with Crippen molar-refractivity contribution >= 4 is 17.5 Å². The van der Waals surface area contributed by atoms with Crippen LogP contribution in [0.4, 0.5) is 13.2 Å². The summed E-state index contributed by atoms with van der Waals surface area (Å²) in [4.78, 5) is 8.55. The fourth-order valence-electron chi connectivity index (χ4n) is 3.81. The highest BCUT2D eigenvalue weighted by Gasteiger charge is 2.33.